The van der Waals surface area contributed by atoms with Crippen LogP contribution in [0, 0.1) is 6.92 Å². The molecule has 1 heteroatoms. The maximum atomic E-state index is 12.2. The highest BCUT2D eigenvalue weighted by atomic mass is 16.1. The average Bonchev–Trinajstić information content (AvgIpc) is 2.45. The Hall–Kier alpha value is -1.89. The lowest BCUT2D eigenvalue weighted by atomic mass is 9.83. The molecule has 1 nitrogen and oxygen atoms in total. The van der Waals surface area contributed by atoms with Crippen LogP contribution in [0.25, 0.3) is 0 Å². The van der Waals surface area contributed by atoms with Gasteiger partial charge >= 0.3 is 0 Å². The van der Waals surface area contributed by atoms with Crippen molar-refractivity contribution in [3.8, 4) is 0 Å². The summed E-state index contributed by atoms with van der Waals surface area (Å²) in [5, 5.41) is 0. The Morgan fingerprint density at radius 1 is 1.00 bits per heavy atom. The van der Waals surface area contributed by atoms with E-state index in [4.69, 9.17) is 0 Å². The lowest BCUT2D eigenvalue weighted by molar-refractivity contribution is 0.0983. The zero-order chi connectivity index (χ0) is 15.5. The van der Waals surface area contributed by atoms with Crippen LogP contribution in [0.15, 0.2) is 48.5 Å². The predicted molar refractivity (Wildman–Crippen MR) is 89.0 cm³/mol. The summed E-state index contributed by atoms with van der Waals surface area (Å²) in [6.45, 7) is 8.84. The van der Waals surface area contributed by atoms with Crippen LogP contribution < -0.4 is 0 Å². The maximum Gasteiger partial charge on any atom is 0.163 e. The molecule has 0 saturated carbocycles. The van der Waals surface area contributed by atoms with Crippen molar-refractivity contribution in [2.45, 2.75) is 46.0 Å². The Morgan fingerprint density at radius 3 is 2.29 bits per heavy atom. The number of hydrogen-bond donors (Lipinski definition) is 0. The van der Waals surface area contributed by atoms with Gasteiger partial charge in [-0.15, -0.1) is 0 Å². The number of ketones is 1. The van der Waals surface area contributed by atoms with E-state index in [0.717, 1.165) is 12.0 Å². The SMILES string of the molecule is Cc1ccc(CCC(=O)c2ccccc2)cc1C(C)(C)C. The van der Waals surface area contributed by atoms with Gasteiger partial charge in [0.1, 0.15) is 0 Å². The van der Waals surface area contributed by atoms with Crippen LogP contribution in [0.5, 0.6) is 0 Å². The zero-order valence-corrected chi connectivity index (χ0v) is 13.4. The van der Waals surface area contributed by atoms with E-state index in [0.29, 0.717) is 6.42 Å². The summed E-state index contributed by atoms with van der Waals surface area (Å²) in [6, 6.07) is 16.1. The minimum Gasteiger partial charge on any atom is -0.294 e. The number of hydrogen-bond acceptors (Lipinski definition) is 1. The fourth-order valence-corrected chi connectivity index (χ4v) is 2.66. The summed E-state index contributed by atoms with van der Waals surface area (Å²) < 4.78 is 0. The van der Waals surface area contributed by atoms with E-state index >= 15 is 0 Å². The molecule has 0 aromatic heterocycles. The molecule has 110 valence electrons. The third-order valence-electron chi connectivity index (χ3n) is 3.85. The van der Waals surface area contributed by atoms with Crippen molar-refractivity contribution in [3.05, 3.63) is 70.8 Å². The van der Waals surface area contributed by atoms with Crippen LogP contribution in [0.1, 0.15) is 54.2 Å². The van der Waals surface area contributed by atoms with E-state index in [1.807, 2.05) is 30.3 Å². The average molecular weight is 280 g/mol. The standard InChI is InChI=1S/C20H24O/c1-15-10-11-16(14-18(15)20(2,3)4)12-13-19(21)17-8-6-5-7-9-17/h5-11,14H,12-13H2,1-4H3. The summed E-state index contributed by atoms with van der Waals surface area (Å²) in [4.78, 5) is 12.2. The fourth-order valence-electron chi connectivity index (χ4n) is 2.66. The number of benzene rings is 2. The molecule has 0 amide bonds. The minimum absolute atomic E-state index is 0.142. The first kappa shape index (κ1) is 15.5. The van der Waals surface area contributed by atoms with Crippen LogP contribution in [0.4, 0.5) is 0 Å². The van der Waals surface area contributed by atoms with Crippen LogP contribution in [-0.4, -0.2) is 5.78 Å². The summed E-state index contributed by atoms with van der Waals surface area (Å²) in [5.74, 6) is 0.216. The first-order valence-electron chi connectivity index (χ1n) is 7.56. The molecule has 0 bridgehead atoms. The Bertz CT molecular complexity index is 618. The van der Waals surface area contributed by atoms with Gasteiger partial charge in [0.25, 0.3) is 0 Å². The molecule has 2 rings (SSSR count). The van der Waals surface area contributed by atoms with Gasteiger partial charge in [-0.1, -0.05) is 69.3 Å². The van der Waals surface area contributed by atoms with Crippen LogP contribution in [-0.2, 0) is 11.8 Å². The summed E-state index contributed by atoms with van der Waals surface area (Å²) in [5.41, 5.74) is 4.88. The van der Waals surface area contributed by atoms with Crippen molar-refractivity contribution < 1.29 is 4.79 Å². The molecule has 0 unspecified atom stereocenters. The van der Waals surface area contributed by atoms with Gasteiger partial charge in [-0.3, -0.25) is 4.79 Å². The Kier molecular flexibility index (Phi) is 4.62. The van der Waals surface area contributed by atoms with E-state index in [1.165, 1.54) is 16.7 Å². The fraction of sp³-hybridized carbons (Fsp3) is 0.350. The highest BCUT2D eigenvalue weighted by Crippen LogP contribution is 2.27. The van der Waals surface area contributed by atoms with E-state index in [-0.39, 0.29) is 11.2 Å². The number of rotatable bonds is 4. The van der Waals surface area contributed by atoms with Gasteiger partial charge in [-0.25, -0.2) is 0 Å². The smallest absolute Gasteiger partial charge is 0.163 e. The predicted octanol–water partition coefficient (Wildman–Crippen LogP) is 5.11. The molecule has 0 aliphatic rings. The quantitative estimate of drug-likeness (QED) is 0.711. The minimum atomic E-state index is 0.142. The summed E-state index contributed by atoms with van der Waals surface area (Å²) in [7, 11) is 0. The molecule has 21 heavy (non-hydrogen) atoms. The molecule has 0 aliphatic heterocycles. The van der Waals surface area contributed by atoms with Gasteiger partial charge in [0.15, 0.2) is 5.78 Å². The van der Waals surface area contributed by atoms with Gasteiger partial charge in [-0.05, 0) is 35.4 Å². The van der Waals surface area contributed by atoms with Crippen molar-refractivity contribution in [1.82, 2.24) is 0 Å². The Morgan fingerprint density at radius 2 is 1.67 bits per heavy atom. The number of Topliss-reactive ketones (excluding diaryl/α,β-unsaturated/α-hetero) is 1. The van der Waals surface area contributed by atoms with Crippen LogP contribution in [0.2, 0.25) is 0 Å². The second kappa shape index (κ2) is 6.26. The van der Waals surface area contributed by atoms with Crippen molar-refractivity contribution in [2.24, 2.45) is 0 Å². The highest BCUT2D eigenvalue weighted by Gasteiger charge is 2.16. The first-order valence-corrected chi connectivity index (χ1v) is 7.56. The molecule has 0 N–H and O–H groups in total. The molecule has 0 heterocycles. The normalized spacial score (nSPS) is 11.4. The molecule has 0 saturated heterocycles. The number of carbonyl (C=O) groups is 1. The second-order valence-corrected chi connectivity index (χ2v) is 6.69. The van der Waals surface area contributed by atoms with Crippen molar-refractivity contribution in [2.75, 3.05) is 0 Å². The largest absolute Gasteiger partial charge is 0.294 e. The van der Waals surface area contributed by atoms with Gasteiger partial charge < -0.3 is 0 Å². The number of carbonyl (C=O) groups excluding carboxylic acids is 1. The molecule has 2 aromatic carbocycles. The maximum absolute atomic E-state index is 12.2. The second-order valence-electron chi connectivity index (χ2n) is 6.69. The zero-order valence-electron chi connectivity index (χ0n) is 13.4. The van der Waals surface area contributed by atoms with Crippen molar-refractivity contribution in [1.29, 1.82) is 0 Å². The topological polar surface area (TPSA) is 17.1 Å². The number of aryl methyl sites for hydroxylation is 2. The molecule has 2 aromatic rings. The van der Waals surface area contributed by atoms with E-state index in [9.17, 15) is 4.79 Å². The third-order valence-corrected chi connectivity index (χ3v) is 3.85. The highest BCUT2D eigenvalue weighted by molar-refractivity contribution is 5.96. The van der Waals surface area contributed by atoms with E-state index in [1.54, 1.807) is 0 Å². The first-order chi connectivity index (χ1) is 9.88. The van der Waals surface area contributed by atoms with E-state index < -0.39 is 0 Å². The van der Waals surface area contributed by atoms with Crippen molar-refractivity contribution >= 4 is 5.78 Å². The lowest BCUT2D eigenvalue weighted by Crippen LogP contribution is -2.13. The van der Waals surface area contributed by atoms with Gasteiger partial charge in [0, 0.05) is 12.0 Å². The third kappa shape index (κ3) is 4.04. The molecule has 0 fully saturated rings. The Labute approximate surface area is 128 Å². The van der Waals surface area contributed by atoms with Gasteiger partial charge in [0.2, 0.25) is 0 Å². The van der Waals surface area contributed by atoms with Crippen LogP contribution >= 0.6 is 0 Å². The molecule has 0 aliphatic carbocycles. The molecule has 0 atom stereocenters. The van der Waals surface area contributed by atoms with Crippen LogP contribution in [0.3, 0.4) is 0 Å². The molecular weight excluding hydrogens is 256 g/mol. The van der Waals surface area contributed by atoms with E-state index in [2.05, 4.69) is 45.9 Å². The summed E-state index contributed by atoms with van der Waals surface area (Å²) in [6.07, 6.45) is 1.37. The molecule has 0 spiro atoms. The monoisotopic (exact) mass is 280 g/mol. The van der Waals surface area contributed by atoms with Crippen molar-refractivity contribution in [3.63, 3.8) is 0 Å². The molecular formula is C20H24O. The summed E-state index contributed by atoms with van der Waals surface area (Å²) >= 11 is 0. The molecule has 0 radical (unpaired) electrons. The van der Waals surface area contributed by atoms with Gasteiger partial charge in [0.05, 0.1) is 0 Å². The van der Waals surface area contributed by atoms with Gasteiger partial charge in [-0.2, -0.15) is 0 Å². The Balaban J connectivity index is 2.09. The lowest BCUT2D eigenvalue weighted by Gasteiger charge is -2.22.